The molecule has 2 heteroatoms. The van der Waals surface area contributed by atoms with Gasteiger partial charge in [-0.05, 0) is 16.7 Å². The molecule has 1 aliphatic heterocycles. The summed E-state index contributed by atoms with van der Waals surface area (Å²) in [5, 5.41) is 0. The highest BCUT2D eigenvalue weighted by Crippen LogP contribution is 2.35. The lowest BCUT2D eigenvalue weighted by Crippen LogP contribution is -2.28. The number of hydrogen-bond acceptors (Lipinski definition) is 1. The zero-order valence-corrected chi connectivity index (χ0v) is 10.8. The molecule has 2 atom stereocenters. The van der Waals surface area contributed by atoms with Crippen molar-refractivity contribution in [1.82, 2.24) is 0 Å². The second-order valence-corrected chi connectivity index (χ2v) is 4.91. The van der Waals surface area contributed by atoms with E-state index in [-0.39, 0.29) is 12.2 Å². The van der Waals surface area contributed by atoms with E-state index in [0.717, 1.165) is 6.42 Å². The van der Waals surface area contributed by atoms with Gasteiger partial charge in [-0.2, -0.15) is 0 Å². The molecule has 1 heterocycles. The molecule has 2 aromatic carbocycles. The van der Waals surface area contributed by atoms with Crippen molar-refractivity contribution >= 4 is 11.6 Å². The minimum absolute atomic E-state index is 0.0138. The Morgan fingerprint density at radius 2 is 1.72 bits per heavy atom. The SMILES string of the molecule is ClCC1Cc2ccccc2C(c2ccccc2)O1. The molecule has 0 fully saturated rings. The third-order valence-electron chi connectivity index (χ3n) is 3.39. The first-order valence-electron chi connectivity index (χ1n) is 6.22. The summed E-state index contributed by atoms with van der Waals surface area (Å²) in [5.41, 5.74) is 3.81. The van der Waals surface area contributed by atoms with Gasteiger partial charge < -0.3 is 4.74 Å². The zero-order chi connectivity index (χ0) is 12.4. The van der Waals surface area contributed by atoms with E-state index in [1.807, 2.05) is 18.2 Å². The Labute approximate surface area is 112 Å². The second-order valence-electron chi connectivity index (χ2n) is 4.61. The van der Waals surface area contributed by atoms with Crippen LogP contribution in [0.3, 0.4) is 0 Å². The number of halogens is 1. The maximum absolute atomic E-state index is 6.12. The van der Waals surface area contributed by atoms with Crippen molar-refractivity contribution in [2.75, 3.05) is 5.88 Å². The molecule has 0 saturated carbocycles. The number of fused-ring (bicyclic) bond motifs is 1. The van der Waals surface area contributed by atoms with E-state index in [1.54, 1.807) is 0 Å². The molecule has 3 rings (SSSR count). The first-order valence-corrected chi connectivity index (χ1v) is 6.76. The van der Waals surface area contributed by atoms with Crippen LogP contribution in [0.1, 0.15) is 22.8 Å². The molecule has 0 radical (unpaired) electrons. The van der Waals surface area contributed by atoms with E-state index in [2.05, 4.69) is 36.4 Å². The predicted molar refractivity (Wildman–Crippen MR) is 74.0 cm³/mol. The van der Waals surface area contributed by atoms with Crippen LogP contribution in [0.2, 0.25) is 0 Å². The molecule has 0 N–H and O–H groups in total. The van der Waals surface area contributed by atoms with Gasteiger partial charge in [0.2, 0.25) is 0 Å². The molecule has 0 saturated heterocycles. The van der Waals surface area contributed by atoms with Gasteiger partial charge in [0.15, 0.2) is 0 Å². The summed E-state index contributed by atoms with van der Waals surface area (Å²) >= 11 is 5.97. The molecule has 0 amide bonds. The zero-order valence-electron chi connectivity index (χ0n) is 10.1. The Balaban J connectivity index is 2.04. The van der Waals surface area contributed by atoms with Crippen LogP contribution in [0.15, 0.2) is 54.6 Å². The molecular weight excluding hydrogens is 244 g/mol. The summed E-state index contributed by atoms with van der Waals surface area (Å²) in [4.78, 5) is 0. The Morgan fingerprint density at radius 1 is 1.00 bits per heavy atom. The Hall–Kier alpha value is -1.31. The van der Waals surface area contributed by atoms with Gasteiger partial charge in [0.05, 0.1) is 6.10 Å². The number of rotatable bonds is 2. The van der Waals surface area contributed by atoms with Gasteiger partial charge in [-0.15, -0.1) is 11.6 Å². The molecule has 18 heavy (non-hydrogen) atoms. The van der Waals surface area contributed by atoms with Gasteiger partial charge in [0.25, 0.3) is 0 Å². The van der Waals surface area contributed by atoms with Crippen LogP contribution >= 0.6 is 11.6 Å². The monoisotopic (exact) mass is 258 g/mol. The lowest BCUT2D eigenvalue weighted by atomic mass is 9.91. The smallest absolute Gasteiger partial charge is 0.108 e. The van der Waals surface area contributed by atoms with E-state index in [0.29, 0.717) is 5.88 Å². The molecule has 2 aromatic rings. The molecule has 92 valence electrons. The first kappa shape index (κ1) is 11.8. The summed E-state index contributed by atoms with van der Waals surface area (Å²) in [6.45, 7) is 0. The fraction of sp³-hybridized carbons (Fsp3) is 0.250. The topological polar surface area (TPSA) is 9.23 Å². The minimum atomic E-state index is 0.0138. The average molecular weight is 259 g/mol. The predicted octanol–water partition coefficient (Wildman–Crippen LogP) is 3.96. The van der Waals surface area contributed by atoms with Crippen LogP contribution in [0.4, 0.5) is 0 Å². The second kappa shape index (κ2) is 5.13. The molecular formula is C16H15ClO. The normalized spacial score (nSPS) is 22.5. The van der Waals surface area contributed by atoms with Crippen molar-refractivity contribution < 1.29 is 4.74 Å². The summed E-state index contributed by atoms with van der Waals surface area (Å²) in [7, 11) is 0. The van der Waals surface area contributed by atoms with Crippen LogP contribution in [-0.4, -0.2) is 12.0 Å². The van der Waals surface area contributed by atoms with E-state index >= 15 is 0 Å². The molecule has 0 spiro atoms. The average Bonchev–Trinajstić information content (AvgIpc) is 2.47. The summed E-state index contributed by atoms with van der Waals surface area (Å²) < 4.78 is 6.12. The molecule has 1 aliphatic rings. The first-order chi connectivity index (χ1) is 8.88. The fourth-order valence-corrected chi connectivity index (χ4v) is 2.69. The van der Waals surface area contributed by atoms with Gasteiger partial charge in [0, 0.05) is 12.3 Å². The standard InChI is InChI=1S/C16H15ClO/c17-11-14-10-13-8-4-5-9-15(13)16(18-14)12-6-2-1-3-7-12/h1-9,14,16H,10-11H2. The lowest BCUT2D eigenvalue weighted by Gasteiger charge is -2.31. The van der Waals surface area contributed by atoms with Crippen molar-refractivity contribution in [2.24, 2.45) is 0 Å². The highest BCUT2D eigenvalue weighted by Gasteiger charge is 2.27. The Bertz CT molecular complexity index is 524. The third-order valence-corrected chi connectivity index (χ3v) is 3.73. The number of hydrogen-bond donors (Lipinski definition) is 0. The maximum Gasteiger partial charge on any atom is 0.108 e. The van der Waals surface area contributed by atoms with Crippen molar-refractivity contribution in [3.63, 3.8) is 0 Å². The van der Waals surface area contributed by atoms with E-state index < -0.39 is 0 Å². The third kappa shape index (κ3) is 2.16. The fourth-order valence-electron chi connectivity index (χ4n) is 2.51. The summed E-state index contributed by atoms with van der Waals surface area (Å²) in [6, 6.07) is 18.8. The van der Waals surface area contributed by atoms with Crippen molar-refractivity contribution in [1.29, 1.82) is 0 Å². The van der Waals surface area contributed by atoms with E-state index in [4.69, 9.17) is 16.3 Å². The molecule has 2 unspecified atom stereocenters. The number of alkyl halides is 1. The van der Waals surface area contributed by atoms with Gasteiger partial charge in [-0.1, -0.05) is 54.6 Å². The van der Waals surface area contributed by atoms with Crippen molar-refractivity contribution in [3.05, 3.63) is 71.3 Å². The van der Waals surface area contributed by atoms with Gasteiger partial charge in [-0.3, -0.25) is 0 Å². The molecule has 0 aliphatic carbocycles. The number of ether oxygens (including phenoxy) is 1. The van der Waals surface area contributed by atoms with Crippen molar-refractivity contribution in [3.8, 4) is 0 Å². The quantitative estimate of drug-likeness (QED) is 0.741. The molecule has 1 nitrogen and oxygen atoms in total. The van der Waals surface area contributed by atoms with Gasteiger partial charge in [-0.25, -0.2) is 0 Å². The largest absolute Gasteiger partial charge is 0.364 e. The molecule has 0 aromatic heterocycles. The van der Waals surface area contributed by atoms with E-state index in [9.17, 15) is 0 Å². The van der Waals surface area contributed by atoms with E-state index in [1.165, 1.54) is 16.7 Å². The lowest BCUT2D eigenvalue weighted by molar-refractivity contribution is 0.00932. The summed E-state index contributed by atoms with van der Waals surface area (Å²) in [5.74, 6) is 0.539. The van der Waals surface area contributed by atoms with Crippen molar-refractivity contribution in [2.45, 2.75) is 18.6 Å². The Morgan fingerprint density at radius 3 is 2.50 bits per heavy atom. The van der Waals surface area contributed by atoms with Crippen LogP contribution in [-0.2, 0) is 11.2 Å². The highest BCUT2D eigenvalue weighted by atomic mass is 35.5. The number of benzene rings is 2. The van der Waals surface area contributed by atoms with Gasteiger partial charge >= 0.3 is 0 Å². The van der Waals surface area contributed by atoms with Crippen LogP contribution in [0, 0.1) is 0 Å². The van der Waals surface area contributed by atoms with Gasteiger partial charge in [0.1, 0.15) is 6.10 Å². The van der Waals surface area contributed by atoms with Crippen LogP contribution in [0.25, 0.3) is 0 Å². The van der Waals surface area contributed by atoms with Crippen LogP contribution in [0.5, 0.6) is 0 Å². The van der Waals surface area contributed by atoms with Crippen LogP contribution < -0.4 is 0 Å². The highest BCUT2D eigenvalue weighted by molar-refractivity contribution is 6.18. The molecule has 0 bridgehead atoms. The Kier molecular flexibility index (Phi) is 3.35. The summed E-state index contributed by atoms with van der Waals surface area (Å²) in [6.07, 6.45) is 1.02. The minimum Gasteiger partial charge on any atom is -0.364 e. The maximum atomic E-state index is 6.12.